The van der Waals surface area contributed by atoms with Crippen molar-refractivity contribution in [1.82, 2.24) is 9.55 Å². The molecule has 0 unspecified atom stereocenters. The van der Waals surface area contributed by atoms with Gasteiger partial charge in [0.15, 0.2) is 6.23 Å². The molecule has 18 heavy (non-hydrogen) atoms. The fourth-order valence-electron chi connectivity index (χ4n) is 1.99. The Kier molecular flexibility index (Phi) is 3.11. The fourth-order valence-corrected chi connectivity index (χ4v) is 1.99. The lowest BCUT2D eigenvalue weighted by Gasteiger charge is -2.27. The predicted octanol–water partition coefficient (Wildman–Crippen LogP) is -2.17. The molecule has 5 N–H and O–H groups in total. The second-order valence-corrected chi connectivity index (χ2v) is 4.42. The van der Waals surface area contributed by atoms with Crippen LogP contribution in [0.2, 0.25) is 0 Å². The van der Waals surface area contributed by atoms with Gasteiger partial charge in [0.25, 0.3) is 0 Å². The Morgan fingerprint density at radius 2 is 2.33 bits per heavy atom. The highest BCUT2D eigenvalue weighted by molar-refractivity contribution is 5.23. The molecule has 100 valence electrons. The quantitative estimate of drug-likeness (QED) is 0.474. The molecule has 0 saturated carbocycles. The van der Waals surface area contributed by atoms with E-state index < -0.39 is 36.3 Å². The lowest BCUT2D eigenvalue weighted by molar-refractivity contribution is -0.0986. The van der Waals surface area contributed by atoms with Gasteiger partial charge in [-0.3, -0.25) is 4.57 Å². The first-order valence-electron chi connectivity index (χ1n) is 5.39. The molecular weight excluding hydrogens is 242 g/mol. The summed E-state index contributed by atoms with van der Waals surface area (Å²) in [5, 5.41) is 29.0. The van der Waals surface area contributed by atoms with E-state index in [-0.39, 0.29) is 5.82 Å². The highest BCUT2D eigenvalue weighted by Gasteiger charge is 2.53. The van der Waals surface area contributed by atoms with Crippen molar-refractivity contribution in [2.75, 3.05) is 12.3 Å². The molecule has 2 heterocycles. The minimum absolute atomic E-state index is 0.0492. The molecule has 0 aromatic carbocycles. The number of rotatable bonds is 2. The molecule has 1 aromatic rings. The van der Waals surface area contributed by atoms with E-state index in [1.54, 1.807) is 0 Å². The zero-order chi connectivity index (χ0) is 13.5. The van der Waals surface area contributed by atoms with Crippen molar-refractivity contribution in [3.63, 3.8) is 0 Å². The van der Waals surface area contributed by atoms with Gasteiger partial charge in [0.2, 0.25) is 0 Å². The summed E-state index contributed by atoms with van der Waals surface area (Å²) in [7, 11) is 0. The fraction of sp³-hybridized carbons (Fsp3) is 0.600. The number of anilines is 1. The first-order valence-corrected chi connectivity index (χ1v) is 5.39. The van der Waals surface area contributed by atoms with Crippen molar-refractivity contribution in [1.29, 1.82) is 0 Å². The number of hydrogen-bond donors (Lipinski definition) is 4. The van der Waals surface area contributed by atoms with Gasteiger partial charge in [-0.25, -0.2) is 4.79 Å². The number of hydrogen-bond acceptors (Lipinski definition) is 7. The topological polar surface area (TPSA) is 131 Å². The van der Waals surface area contributed by atoms with E-state index in [0.717, 1.165) is 4.57 Å². The maximum atomic E-state index is 11.7. The molecule has 0 aliphatic carbocycles. The summed E-state index contributed by atoms with van der Waals surface area (Å²) < 4.78 is 6.30. The number of aliphatic hydroxyl groups is 3. The van der Waals surface area contributed by atoms with E-state index in [0.29, 0.717) is 0 Å². The standard InChI is InChI=1S/C10H15N3O5/c1-10(17)7(15)5(4-14)18-8(10)13-3-2-6(11)12-9(13)16/h2-3,5,7-8,14-15,17H,4H2,1H3,(H2,11,12,16)/t5-,7-,8+,10-/m1/s1. The molecule has 0 radical (unpaired) electrons. The molecule has 0 amide bonds. The van der Waals surface area contributed by atoms with Gasteiger partial charge >= 0.3 is 5.69 Å². The summed E-state index contributed by atoms with van der Waals surface area (Å²) in [5.41, 5.74) is 2.94. The van der Waals surface area contributed by atoms with E-state index in [2.05, 4.69) is 4.98 Å². The van der Waals surface area contributed by atoms with Gasteiger partial charge < -0.3 is 25.8 Å². The van der Waals surface area contributed by atoms with E-state index >= 15 is 0 Å². The monoisotopic (exact) mass is 257 g/mol. The van der Waals surface area contributed by atoms with E-state index in [1.165, 1.54) is 19.2 Å². The Balaban J connectivity index is 2.42. The molecule has 2 rings (SSSR count). The molecule has 4 atom stereocenters. The van der Waals surface area contributed by atoms with Gasteiger partial charge in [0, 0.05) is 6.20 Å². The average molecular weight is 257 g/mol. The second kappa shape index (κ2) is 4.32. The lowest BCUT2D eigenvalue weighted by atomic mass is 9.96. The van der Waals surface area contributed by atoms with Crippen molar-refractivity contribution < 1.29 is 20.1 Å². The van der Waals surface area contributed by atoms with Crippen LogP contribution in [-0.4, -0.2) is 49.3 Å². The summed E-state index contributed by atoms with van der Waals surface area (Å²) >= 11 is 0. The van der Waals surface area contributed by atoms with Gasteiger partial charge in [-0.15, -0.1) is 0 Å². The Labute approximate surface area is 102 Å². The highest BCUT2D eigenvalue weighted by atomic mass is 16.6. The minimum Gasteiger partial charge on any atom is -0.394 e. The molecule has 8 nitrogen and oxygen atoms in total. The molecule has 1 aromatic heterocycles. The van der Waals surface area contributed by atoms with Crippen molar-refractivity contribution >= 4 is 5.82 Å². The van der Waals surface area contributed by atoms with Crippen LogP contribution in [0.25, 0.3) is 0 Å². The van der Waals surface area contributed by atoms with Crippen LogP contribution >= 0.6 is 0 Å². The molecular formula is C10H15N3O5. The van der Waals surface area contributed by atoms with E-state index in [1.807, 2.05) is 0 Å². The molecule has 1 fully saturated rings. The second-order valence-electron chi connectivity index (χ2n) is 4.42. The number of nitrogens with zero attached hydrogens (tertiary/aromatic N) is 2. The van der Waals surface area contributed by atoms with Crippen LogP contribution in [-0.2, 0) is 4.74 Å². The largest absolute Gasteiger partial charge is 0.394 e. The summed E-state index contributed by atoms with van der Waals surface area (Å²) in [6.45, 7) is 0.853. The van der Waals surface area contributed by atoms with Crippen molar-refractivity contribution in [2.24, 2.45) is 0 Å². The molecule has 1 saturated heterocycles. The summed E-state index contributed by atoms with van der Waals surface area (Å²) in [5.74, 6) is 0.0492. The van der Waals surface area contributed by atoms with Crippen molar-refractivity contribution in [3.8, 4) is 0 Å². The van der Waals surface area contributed by atoms with Crippen LogP contribution in [0.3, 0.4) is 0 Å². The average Bonchev–Trinajstić information content (AvgIpc) is 2.52. The van der Waals surface area contributed by atoms with Gasteiger partial charge in [0.1, 0.15) is 23.6 Å². The zero-order valence-electron chi connectivity index (χ0n) is 9.72. The summed E-state index contributed by atoms with van der Waals surface area (Å²) in [6.07, 6.45) is -2.09. The van der Waals surface area contributed by atoms with E-state index in [9.17, 15) is 15.0 Å². The first-order chi connectivity index (χ1) is 8.37. The van der Waals surface area contributed by atoms with Gasteiger partial charge in [-0.2, -0.15) is 4.98 Å². The summed E-state index contributed by atoms with van der Waals surface area (Å²) in [6, 6.07) is 1.37. The SMILES string of the molecule is C[C@@]1(O)[C@H](O)[C@@H](CO)O[C@@H]1n1ccc(N)nc1=O. The smallest absolute Gasteiger partial charge is 0.351 e. The molecule has 0 bridgehead atoms. The Hall–Kier alpha value is -1.48. The number of nitrogen functional groups attached to an aromatic ring is 1. The van der Waals surface area contributed by atoms with Crippen LogP contribution in [0.4, 0.5) is 5.82 Å². The van der Waals surface area contributed by atoms with Crippen LogP contribution in [0.15, 0.2) is 17.1 Å². The highest BCUT2D eigenvalue weighted by Crippen LogP contribution is 2.37. The van der Waals surface area contributed by atoms with Gasteiger partial charge in [-0.05, 0) is 13.0 Å². The zero-order valence-corrected chi connectivity index (χ0v) is 9.72. The maximum Gasteiger partial charge on any atom is 0.351 e. The van der Waals surface area contributed by atoms with E-state index in [4.69, 9.17) is 15.6 Å². The molecule has 1 aliphatic heterocycles. The lowest BCUT2D eigenvalue weighted by Crippen LogP contribution is -2.46. The van der Waals surface area contributed by atoms with Crippen LogP contribution in [0.5, 0.6) is 0 Å². The Morgan fingerprint density at radius 1 is 1.67 bits per heavy atom. The van der Waals surface area contributed by atoms with Crippen LogP contribution < -0.4 is 11.4 Å². The van der Waals surface area contributed by atoms with Crippen LogP contribution in [0, 0.1) is 0 Å². The van der Waals surface area contributed by atoms with Crippen molar-refractivity contribution in [2.45, 2.75) is 31.0 Å². The summed E-state index contributed by atoms with van der Waals surface area (Å²) in [4.78, 5) is 15.2. The van der Waals surface area contributed by atoms with Crippen molar-refractivity contribution in [3.05, 3.63) is 22.7 Å². The van der Waals surface area contributed by atoms with Crippen LogP contribution in [0.1, 0.15) is 13.2 Å². The van der Waals surface area contributed by atoms with Gasteiger partial charge in [0.05, 0.1) is 6.61 Å². The normalized spacial score (nSPS) is 35.9. The number of aliphatic hydroxyl groups excluding tert-OH is 2. The molecule has 0 spiro atoms. The predicted molar refractivity (Wildman–Crippen MR) is 60.5 cm³/mol. The minimum atomic E-state index is -1.71. The molecule has 8 heteroatoms. The Morgan fingerprint density at radius 3 is 2.83 bits per heavy atom. The first kappa shape index (κ1) is 13.0. The third-order valence-electron chi connectivity index (χ3n) is 3.04. The third-order valence-corrected chi connectivity index (χ3v) is 3.04. The maximum absolute atomic E-state index is 11.7. The third kappa shape index (κ3) is 1.89. The van der Waals surface area contributed by atoms with Gasteiger partial charge in [-0.1, -0.05) is 0 Å². The number of aromatic nitrogens is 2. The molecule has 1 aliphatic rings. The number of nitrogens with two attached hydrogens (primary N) is 1. The number of ether oxygens (including phenoxy) is 1. The Bertz CT molecular complexity index is 501.